The monoisotopic (exact) mass is 612 g/mol. The number of halogens is 4. The molecule has 210 valence electrons. The van der Waals surface area contributed by atoms with E-state index in [1.54, 1.807) is 6.33 Å². The van der Waals surface area contributed by atoms with Crippen molar-refractivity contribution in [1.29, 1.82) is 0 Å². The van der Waals surface area contributed by atoms with Crippen molar-refractivity contribution in [2.45, 2.75) is 31.0 Å². The second-order valence-electron chi connectivity index (χ2n) is 9.76. The van der Waals surface area contributed by atoms with Crippen molar-refractivity contribution >= 4 is 44.6 Å². The van der Waals surface area contributed by atoms with E-state index in [9.17, 15) is 13.2 Å². The smallest absolute Gasteiger partial charge is 0.475 e. The number of imidazole rings is 1. The number of aromatic nitrogens is 4. The largest absolute Gasteiger partial charge is 0.490 e. The maximum atomic E-state index is 10.6. The van der Waals surface area contributed by atoms with Gasteiger partial charge in [0.15, 0.2) is 0 Å². The second kappa shape index (κ2) is 11.6. The average Bonchev–Trinajstić information content (AvgIpc) is 3.57. The van der Waals surface area contributed by atoms with Crippen molar-refractivity contribution in [3.63, 3.8) is 0 Å². The van der Waals surface area contributed by atoms with Gasteiger partial charge in [0.05, 0.1) is 37.8 Å². The molecule has 3 atom stereocenters. The lowest BCUT2D eigenvalue weighted by Crippen LogP contribution is -2.37. The average molecular weight is 613 g/mol. The maximum absolute atomic E-state index is 10.6. The summed E-state index contributed by atoms with van der Waals surface area (Å²) in [5.74, 6) is -0.165. The third kappa shape index (κ3) is 6.44. The molecule has 5 heterocycles. The van der Waals surface area contributed by atoms with Crippen molar-refractivity contribution in [1.82, 2.24) is 19.9 Å². The first-order chi connectivity index (χ1) is 18.7. The summed E-state index contributed by atoms with van der Waals surface area (Å²) < 4.78 is 44.5. The number of piperidine rings is 1. The minimum absolute atomic E-state index is 0.191. The lowest BCUT2D eigenvalue weighted by Gasteiger charge is -2.33. The number of rotatable bonds is 3. The lowest BCUT2D eigenvalue weighted by atomic mass is 9.95. The standard InChI is InChI=1S/C23H27BrN6O2.C2HF3O2/c24-17-3-4-19-18(8-17)22(29-6-7-32-21-13-31-12-16(21)11-29)28-23(27-19)30-5-1-2-15(10-30)20-9-25-14-26-20;3-2(4,5)1(6)7/h3-4,8-9,14-16,21H,1-2,5-7,10-13H2,(H,25,26);(H,6,7)/t15?,16-,21+;/m0./s1. The van der Waals surface area contributed by atoms with Crippen LogP contribution in [-0.4, -0.2) is 89.3 Å². The van der Waals surface area contributed by atoms with Gasteiger partial charge in [-0.25, -0.2) is 14.8 Å². The number of fused-ring (bicyclic) bond motifs is 2. The lowest BCUT2D eigenvalue weighted by molar-refractivity contribution is -0.192. The molecule has 2 N–H and O–H groups in total. The summed E-state index contributed by atoms with van der Waals surface area (Å²) in [6, 6.07) is 6.27. The zero-order chi connectivity index (χ0) is 27.6. The van der Waals surface area contributed by atoms with Crippen LogP contribution in [0.25, 0.3) is 10.9 Å². The molecule has 3 saturated heterocycles. The van der Waals surface area contributed by atoms with E-state index in [4.69, 9.17) is 29.3 Å². The summed E-state index contributed by atoms with van der Waals surface area (Å²) in [5, 5.41) is 8.20. The van der Waals surface area contributed by atoms with Gasteiger partial charge in [0, 0.05) is 59.8 Å². The SMILES string of the molecule is Brc1ccc2nc(N3CCCC(c4cnc[nH]4)C3)nc(N3CCO[C@@H]4COC[C@@H]4C3)c2c1.O=C(O)C(F)(F)F. The summed E-state index contributed by atoms with van der Waals surface area (Å²) >= 11 is 3.64. The van der Waals surface area contributed by atoms with Crippen LogP contribution in [0.2, 0.25) is 0 Å². The highest BCUT2D eigenvalue weighted by atomic mass is 79.9. The fraction of sp³-hybridized carbons (Fsp3) is 0.520. The molecule has 2 aromatic heterocycles. The van der Waals surface area contributed by atoms with Crippen LogP contribution in [-0.2, 0) is 14.3 Å². The third-order valence-electron chi connectivity index (χ3n) is 7.12. The quantitative estimate of drug-likeness (QED) is 0.453. The molecule has 1 unspecified atom stereocenters. The maximum Gasteiger partial charge on any atom is 0.490 e. The Labute approximate surface area is 230 Å². The molecule has 0 radical (unpaired) electrons. The number of carboxylic acid groups (broad SMARTS) is 1. The number of hydrogen-bond donors (Lipinski definition) is 2. The van der Waals surface area contributed by atoms with E-state index in [0.717, 1.165) is 72.8 Å². The Hall–Kier alpha value is -2.97. The van der Waals surface area contributed by atoms with Crippen molar-refractivity contribution in [2.24, 2.45) is 5.92 Å². The number of benzene rings is 1. The highest BCUT2D eigenvalue weighted by Crippen LogP contribution is 2.34. The molecule has 3 aliphatic rings. The highest BCUT2D eigenvalue weighted by molar-refractivity contribution is 9.10. The van der Waals surface area contributed by atoms with Gasteiger partial charge in [-0.1, -0.05) is 15.9 Å². The molecule has 3 aliphatic heterocycles. The van der Waals surface area contributed by atoms with Crippen LogP contribution < -0.4 is 9.80 Å². The molecule has 6 rings (SSSR count). The van der Waals surface area contributed by atoms with E-state index in [1.807, 2.05) is 6.20 Å². The molecular weight excluding hydrogens is 585 g/mol. The topological polar surface area (TPSA) is 117 Å². The summed E-state index contributed by atoms with van der Waals surface area (Å²) in [6.45, 7) is 5.70. The summed E-state index contributed by atoms with van der Waals surface area (Å²) in [7, 11) is 0. The van der Waals surface area contributed by atoms with Gasteiger partial charge >= 0.3 is 12.1 Å². The van der Waals surface area contributed by atoms with Gasteiger partial charge in [-0.2, -0.15) is 18.2 Å². The summed E-state index contributed by atoms with van der Waals surface area (Å²) in [4.78, 5) is 31.2. The van der Waals surface area contributed by atoms with Gasteiger partial charge in [-0.15, -0.1) is 0 Å². The van der Waals surface area contributed by atoms with Crippen LogP contribution in [0.3, 0.4) is 0 Å². The molecule has 1 aromatic carbocycles. The Kier molecular flexibility index (Phi) is 8.24. The van der Waals surface area contributed by atoms with E-state index >= 15 is 0 Å². The number of H-pyrrole nitrogens is 1. The van der Waals surface area contributed by atoms with Gasteiger partial charge in [0.25, 0.3) is 0 Å². The molecule has 39 heavy (non-hydrogen) atoms. The molecule has 14 heteroatoms. The molecule has 0 aliphatic carbocycles. The fourth-order valence-electron chi connectivity index (χ4n) is 5.17. The minimum Gasteiger partial charge on any atom is -0.475 e. The van der Waals surface area contributed by atoms with E-state index in [2.05, 4.69) is 53.9 Å². The van der Waals surface area contributed by atoms with E-state index in [1.165, 1.54) is 5.69 Å². The zero-order valence-corrected chi connectivity index (χ0v) is 22.5. The minimum atomic E-state index is -5.08. The van der Waals surface area contributed by atoms with Gasteiger partial charge < -0.3 is 29.4 Å². The van der Waals surface area contributed by atoms with Crippen molar-refractivity contribution in [3.05, 3.63) is 40.9 Å². The van der Waals surface area contributed by atoms with Crippen LogP contribution in [0, 0.1) is 5.92 Å². The van der Waals surface area contributed by atoms with Gasteiger partial charge in [-0.05, 0) is 31.0 Å². The van der Waals surface area contributed by atoms with Crippen LogP contribution in [0.15, 0.2) is 35.2 Å². The van der Waals surface area contributed by atoms with Crippen molar-refractivity contribution in [3.8, 4) is 0 Å². The number of aliphatic carboxylic acids is 1. The molecule has 0 amide bonds. The Morgan fingerprint density at radius 2 is 1.97 bits per heavy atom. The number of hydrogen-bond acceptors (Lipinski definition) is 8. The van der Waals surface area contributed by atoms with E-state index in [-0.39, 0.29) is 6.10 Å². The summed E-state index contributed by atoms with van der Waals surface area (Å²) in [5.41, 5.74) is 2.16. The first-order valence-corrected chi connectivity index (χ1v) is 13.4. The Bertz CT molecular complexity index is 1290. The van der Waals surface area contributed by atoms with E-state index in [0.29, 0.717) is 25.0 Å². The van der Waals surface area contributed by atoms with Crippen LogP contribution in [0.4, 0.5) is 24.9 Å². The Morgan fingerprint density at radius 3 is 2.72 bits per heavy atom. The Balaban J connectivity index is 0.000000392. The molecule has 0 bridgehead atoms. The van der Waals surface area contributed by atoms with E-state index < -0.39 is 12.1 Å². The number of aromatic amines is 1. The summed E-state index contributed by atoms with van der Waals surface area (Å²) in [6.07, 6.45) is 1.07. The number of carbonyl (C=O) groups is 1. The normalized spacial score (nSPS) is 23.6. The first-order valence-electron chi connectivity index (χ1n) is 12.6. The van der Waals surface area contributed by atoms with Crippen LogP contribution in [0.1, 0.15) is 24.5 Å². The van der Waals surface area contributed by atoms with Gasteiger partial charge in [0.1, 0.15) is 5.82 Å². The number of nitrogens with zero attached hydrogens (tertiary/aromatic N) is 5. The van der Waals surface area contributed by atoms with Crippen molar-refractivity contribution in [2.75, 3.05) is 55.8 Å². The molecule has 0 spiro atoms. The molecule has 3 aromatic rings. The predicted molar refractivity (Wildman–Crippen MR) is 140 cm³/mol. The highest BCUT2D eigenvalue weighted by Gasteiger charge is 2.38. The molecule has 10 nitrogen and oxygen atoms in total. The second-order valence-corrected chi connectivity index (χ2v) is 10.7. The van der Waals surface area contributed by atoms with Crippen LogP contribution >= 0.6 is 15.9 Å². The number of ether oxygens (including phenoxy) is 2. The third-order valence-corrected chi connectivity index (χ3v) is 7.61. The molecular formula is C25H28BrF3N6O4. The predicted octanol–water partition coefficient (Wildman–Crippen LogP) is 3.98. The molecule has 0 saturated carbocycles. The Morgan fingerprint density at radius 1 is 1.15 bits per heavy atom. The van der Waals surface area contributed by atoms with Gasteiger partial charge in [0.2, 0.25) is 5.95 Å². The van der Waals surface area contributed by atoms with Crippen LogP contribution in [0.5, 0.6) is 0 Å². The zero-order valence-electron chi connectivity index (χ0n) is 20.9. The number of nitrogens with one attached hydrogen (secondary N) is 1. The molecule has 3 fully saturated rings. The van der Waals surface area contributed by atoms with Gasteiger partial charge in [-0.3, -0.25) is 0 Å². The number of carboxylic acids is 1. The van der Waals surface area contributed by atoms with Crippen molar-refractivity contribution < 1.29 is 32.5 Å². The number of alkyl halides is 3. The fourth-order valence-corrected chi connectivity index (χ4v) is 5.53. The number of anilines is 2. The first kappa shape index (κ1) is 27.6.